The van der Waals surface area contributed by atoms with Crippen molar-refractivity contribution in [2.24, 2.45) is 11.8 Å². The van der Waals surface area contributed by atoms with Crippen molar-refractivity contribution in [2.45, 2.75) is 65.7 Å². The molecule has 2 rings (SSSR count). The van der Waals surface area contributed by atoms with Gasteiger partial charge in [0, 0.05) is 6.04 Å². The molecule has 0 saturated carbocycles. The lowest BCUT2D eigenvalue weighted by atomic mass is 9.98. The van der Waals surface area contributed by atoms with Gasteiger partial charge in [-0.15, -0.1) is 0 Å². The van der Waals surface area contributed by atoms with E-state index < -0.39 is 0 Å². The normalized spacial score (nSPS) is 25.6. The van der Waals surface area contributed by atoms with Crippen LogP contribution in [0, 0.1) is 11.8 Å². The van der Waals surface area contributed by atoms with Crippen LogP contribution in [0.5, 0.6) is 0 Å². The number of hydrogen-bond donors (Lipinski definition) is 1. The van der Waals surface area contributed by atoms with Gasteiger partial charge in [-0.05, 0) is 47.6 Å². The summed E-state index contributed by atoms with van der Waals surface area (Å²) in [7, 11) is 0. The fourth-order valence-electron chi connectivity index (χ4n) is 3.21. The molecule has 1 amide bonds. The highest BCUT2D eigenvalue weighted by Gasteiger charge is 2.43. The number of hydrogen-bond acceptors (Lipinski definition) is 3. The maximum Gasteiger partial charge on any atom is 0.241 e. The van der Waals surface area contributed by atoms with E-state index in [1.54, 1.807) is 11.3 Å². The van der Waals surface area contributed by atoms with Gasteiger partial charge in [0.15, 0.2) is 0 Å². The van der Waals surface area contributed by atoms with Crippen molar-refractivity contribution >= 4 is 17.2 Å². The monoisotopic (exact) mass is 308 g/mol. The third-order valence-corrected chi connectivity index (χ3v) is 5.20. The molecule has 3 nitrogen and oxygen atoms in total. The van der Waals surface area contributed by atoms with E-state index in [0.717, 1.165) is 12.8 Å². The summed E-state index contributed by atoms with van der Waals surface area (Å²) >= 11 is 1.69. The van der Waals surface area contributed by atoms with Gasteiger partial charge in [0.25, 0.3) is 0 Å². The topological polar surface area (TPSA) is 32.3 Å². The molecule has 21 heavy (non-hydrogen) atoms. The van der Waals surface area contributed by atoms with Gasteiger partial charge in [0.2, 0.25) is 5.91 Å². The summed E-state index contributed by atoms with van der Waals surface area (Å²) in [5.41, 5.74) is 1.22. The Hall–Kier alpha value is -0.870. The van der Waals surface area contributed by atoms with Crippen molar-refractivity contribution in [3.05, 3.63) is 22.4 Å². The second-order valence-electron chi connectivity index (χ2n) is 6.71. The Morgan fingerprint density at radius 1 is 1.33 bits per heavy atom. The average Bonchev–Trinajstić information content (AvgIpc) is 3.04. The molecule has 4 heteroatoms. The number of nitrogens with one attached hydrogen (secondary N) is 1. The fraction of sp³-hybridized carbons (Fsp3) is 0.706. The lowest BCUT2D eigenvalue weighted by Crippen LogP contribution is -2.40. The molecule has 4 unspecified atom stereocenters. The number of carbonyl (C=O) groups excluding carboxylic acids is 1. The van der Waals surface area contributed by atoms with E-state index in [2.05, 4.69) is 61.7 Å². The fourth-order valence-corrected chi connectivity index (χ4v) is 3.89. The zero-order valence-electron chi connectivity index (χ0n) is 13.8. The van der Waals surface area contributed by atoms with E-state index in [0.29, 0.717) is 11.8 Å². The Bertz CT molecular complexity index is 457. The first-order valence-electron chi connectivity index (χ1n) is 8.06. The minimum Gasteiger partial charge on any atom is -0.319 e. The zero-order valence-corrected chi connectivity index (χ0v) is 14.6. The van der Waals surface area contributed by atoms with E-state index in [1.807, 2.05) is 0 Å². The van der Waals surface area contributed by atoms with E-state index in [-0.39, 0.29) is 24.2 Å². The first-order chi connectivity index (χ1) is 9.95. The molecule has 1 fully saturated rings. The summed E-state index contributed by atoms with van der Waals surface area (Å²) in [4.78, 5) is 15.0. The Morgan fingerprint density at radius 2 is 2.05 bits per heavy atom. The summed E-state index contributed by atoms with van der Waals surface area (Å²) in [6, 6.07) is 2.35. The molecule has 4 atom stereocenters. The highest BCUT2D eigenvalue weighted by atomic mass is 32.1. The van der Waals surface area contributed by atoms with Crippen LogP contribution in [0.2, 0.25) is 0 Å². The largest absolute Gasteiger partial charge is 0.319 e. The second kappa shape index (κ2) is 6.93. The van der Waals surface area contributed by atoms with Crippen LogP contribution in [0.4, 0.5) is 0 Å². The minimum absolute atomic E-state index is 0.0384. The van der Waals surface area contributed by atoms with Crippen molar-refractivity contribution in [1.29, 1.82) is 0 Å². The van der Waals surface area contributed by atoms with Gasteiger partial charge in [-0.2, -0.15) is 11.3 Å². The van der Waals surface area contributed by atoms with Gasteiger partial charge in [0.1, 0.15) is 6.17 Å². The Labute approximate surface area is 132 Å². The molecule has 0 aliphatic carbocycles. The summed E-state index contributed by atoms with van der Waals surface area (Å²) in [5.74, 6) is 1.24. The van der Waals surface area contributed by atoms with Crippen LogP contribution < -0.4 is 5.32 Å². The SMILES string of the molecule is CCC(C)C1NC(c2ccsc2)N(C(C)CC(C)C)C1=O. The maximum atomic E-state index is 12.9. The van der Waals surface area contributed by atoms with Crippen molar-refractivity contribution < 1.29 is 4.79 Å². The Balaban J connectivity index is 2.25. The van der Waals surface area contributed by atoms with Gasteiger partial charge in [-0.25, -0.2) is 0 Å². The molecular formula is C17H28N2OS. The minimum atomic E-state index is -0.0467. The van der Waals surface area contributed by atoms with Crippen molar-refractivity contribution in [1.82, 2.24) is 10.2 Å². The molecule has 1 aliphatic rings. The van der Waals surface area contributed by atoms with Crippen molar-refractivity contribution in [3.63, 3.8) is 0 Å². The molecule has 2 heterocycles. The molecule has 0 radical (unpaired) electrons. The van der Waals surface area contributed by atoms with E-state index in [1.165, 1.54) is 5.56 Å². The second-order valence-corrected chi connectivity index (χ2v) is 7.49. The molecule has 1 aromatic heterocycles. The number of nitrogens with zero attached hydrogens (tertiary/aromatic N) is 1. The van der Waals surface area contributed by atoms with Gasteiger partial charge < -0.3 is 4.90 Å². The summed E-state index contributed by atoms with van der Waals surface area (Å²) in [5, 5.41) is 7.82. The molecule has 1 aliphatic heterocycles. The highest BCUT2D eigenvalue weighted by Crippen LogP contribution is 2.33. The molecule has 118 valence electrons. The van der Waals surface area contributed by atoms with E-state index >= 15 is 0 Å². The van der Waals surface area contributed by atoms with Crippen LogP contribution in [-0.2, 0) is 4.79 Å². The molecular weight excluding hydrogens is 280 g/mol. The van der Waals surface area contributed by atoms with Crippen LogP contribution in [0.25, 0.3) is 0 Å². The van der Waals surface area contributed by atoms with Gasteiger partial charge in [0.05, 0.1) is 6.04 Å². The average molecular weight is 308 g/mol. The van der Waals surface area contributed by atoms with Crippen LogP contribution >= 0.6 is 11.3 Å². The van der Waals surface area contributed by atoms with Gasteiger partial charge >= 0.3 is 0 Å². The predicted octanol–water partition coefficient (Wildman–Crippen LogP) is 4.03. The summed E-state index contributed by atoms with van der Waals surface area (Å²) in [6.07, 6.45) is 2.10. The number of thiophene rings is 1. The quantitative estimate of drug-likeness (QED) is 0.860. The standard InChI is InChI=1S/C17H28N2OS/c1-6-12(4)15-17(20)19(13(5)9-11(2)3)16(18-15)14-7-8-21-10-14/h7-8,10-13,15-16,18H,6,9H2,1-5H3. The smallest absolute Gasteiger partial charge is 0.241 e. The number of carbonyl (C=O) groups is 1. The van der Waals surface area contributed by atoms with Crippen LogP contribution in [0.3, 0.4) is 0 Å². The third kappa shape index (κ3) is 3.49. The third-order valence-electron chi connectivity index (χ3n) is 4.50. The lowest BCUT2D eigenvalue weighted by Gasteiger charge is -2.31. The van der Waals surface area contributed by atoms with Crippen LogP contribution in [0.1, 0.15) is 59.2 Å². The molecule has 0 bridgehead atoms. The van der Waals surface area contributed by atoms with E-state index in [4.69, 9.17) is 0 Å². The molecule has 0 spiro atoms. The molecule has 1 aromatic rings. The summed E-state index contributed by atoms with van der Waals surface area (Å²) < 4.78 is 0. The molecule has 1 saturated heterocycles. The zero-order chi connectivity index (χ0) is 15.6. The highest BCUT2D eigenvalue weighted by molar-refractivity contribution is 7.07. The summed E-state index contributed by atoms with van der Waals surface area (Å²) in [6.45, 7) is 10.9. The molecule has 1 N–H and O–H groups in total. The van der Waals surface area contributed by atoms with Crippen LogP contribution in [-0.4, -0.2) is 22.9 Å². The molecule has 0 aromatic carbocycles. The maximum absolute atomic E-state index is 12.9. The Morgan fingerprint density at radius 3 is 2.57 bits per heavy atom. The predicted molar refractivity (Wildman–Crippen MR) is 89.2 cm³/mol. The van der Waals surface area contributed by atoms with Crippen molar-refractivity contribution in [3.8, 4) is 0 Å². The van der Waals surface area contributed by atoms with Gasteiger partial charge in [-0.3, -0.25) is 10.1 Å². The first-order valence-corrected chi connectivity index (χ1v) is 9.00. The van der Waals surface area contributed by atoms with E-state index in [9.17, 15) is 4.79 Å². The van der Waals surface area contributed by atoms with Gasteiger partial charge in [-0.1, -0.05) is 34.1 Å². The first kappa shape index (κ1) is 16.5. The van der Waals surface area contributed by atoms with Crippen molar-refractivity contribution in [2.75, 3.05) is 0 Å². The number of amides is 1. The number of rotatable bonds is 6. The Kier molecular flexibility index (Phi) is 5.44. The lowest BCUT2D eigenvalue weighted by molar-refractivity contribution is -0.133. The van der Waals surface area contributed by atoms with Crippen LogP contribution in [0.15, 0.2) is 16.8 Å².